The first-order valence-electron chi connectivity index (χ1n) is 11.2. The lowest BCUT2D eigenvalue weighted by Crippen LogP contribution is -2.61. The van der Waals surface area contributed by atoms with Crippen LogP contribution in [-0.4, -0.2) is 71.9 Å². The Bertz CT molecular complexity index is 783. The summed E-state index contributed by atoms with van der Waals surface area (Å²) in [4.78, 5) is 15.0. The molecule has 6 aliphatic rings. The van der Waals surface area contributed by atoms with E-state index in [4.69, 9.17) is 18.9 Å². The first-order chi connectivity index (χ1) is 14.0. The van der Waals surface area contributed by atoms with Gasteiger partial charge in [0.05, 0.1) is 25.4 Å². The van der Waals surface area contributed by atoms with E-state index in [0.717, 1.165) is 19.4 Å². The van der Waals surface area contributed by atoms with Gasteiger partial charge in [0.15, 0.2) is 17.7 Å². The highest BCUT2D eigenvalue weighted by Crippen LogP contribution is 2.72. The van der Waals surface area contributed by atoms with Crippen molar-refractivity contribution >= 4 is 5.97 Å². The van der Waals surface area contributed by atoms with Crippen molar-refractivity contribution in [2.75, 3.05) is 20.3 Å². The van der Waals surface area contributed by atoms with E-state index in [9.17, 15) is 9.90 Å². The summed E-state index contributed by atoms with van der Waals surface area (Å²) < 4.78 is 24.8. The van der Waals surface area contributed by atoms with Crippen molar-refractivity contribution in [1.82, 2.24) is 4.90 Å². The molecule has 1 spiro atoms. The number of aliphatic hydroxyl groups is 1. The van der Waals surface area contributed by atoms with Gasteiger partial charge in [-0.15, -0.1) is 0 Å². The monoisotopic (exact) mass is 405 g/mol. The van der Waals surface area contributed by atoms with Crippen molar-refractivity contribution in [3.8, 4) is 0 Å². The topological polar surface area (TPSA) is 77.5 Å². The van der Waals surface area contributed by atoms with Crippen molar-refractivity contribution < 1.29 is 28.8 Å². The van der Waals surface area contributed by atoms with Gasteiger partial charge in [-0.3, -0.25) is 4.90 Å². The number of hydrogen-bond donors (Lipinski definition) is 1. The van der Waals surface area contributed by atoms with E-state index in [1.807, 2.05) is 0 Å². The van der Waals surface area contributed by atoms with E-state index in [1.165, 1.54) is 26.4 Å². The highest BCUT2D eigenvalue weighted by Gasteiger charge is 2.83. The molecule has 0 amide bonds. The van der Waals surface area contributed by atoms with Crippen LogP contribution in [0.25, 0.3) is 0 Å². The van der Waals surface area contributed by atoms with Crippen LogP contribution in [0, 0.1) is 17.8 Å². The van der Waals surface area contributed by atoms with E-state index in [2.05, 4.69) is 18.7 Å². The lowest BCUT2D eigenvalue weighted by Gasteiger charge is -2.49. The van der Waals surface area contributed by atoms with Crippen molar-refractivity contribution in [3.63, 3.8) is 0 Å². The Morgan fingerprint density at radius 1 is 1.34 bits per heavy atom. The molecular weight excluding hydrogens is 374 g/mol. The molecule has 0 aromatic heterocycles. The molecule has 6 aliphatic heterocycles. The molecule has 7 nitrogen and oxygen atoms in total. The molecule has 5 fully saturated rings. The van der Waals surface area contributed by atoms with Crippen LogP contribution in [0.15, 0.2) is 11.3 Å². The molecule has 1 N–H and O–H groups in total. The average Bonchev–Trinajstić information content (AvgIpc) is 3.42. The van der Waals surface area contributed by atoms with Gasteiger partial charge in [-0.25, -0.2) is 4.79 Å². The van der Waals surface area contributed by atoms with Crippen molar-refractivity contribution in [2.45, 2.75) is 81.6 Å². The van der Waals surface area contributed by atoms with Crippen molar-refractivity contribution in [1.29, 1.82) is 0 Å². The van der Waals surface area contributed by atoms with Gasteiger partial charge in [0.2, 0.25) is 0 Å². The molecule has 0 saturated carbocycles. The Kier molecular flexibility index (Phi) is 3.83. The van der Waals surface area contributed by atoms with Gasteiger partial charge in [0, 0.05) is 17.9 Å². The van der Waals surface area contributed by atoms with Gasteiger partial charge in [-0.1, -0.05) is 26.7 Å². The minimum atomic E-state index is -0.607. The molecule has 5 bridgehead atoms. The first-order valence-corrected chi connectivity index (χ1v) is 11.2. The molecule has 10 atom stereocenters. The van der Waals surface area contributed by atoms with Crippen LogP contribution >= 0.6 is 0 Å². The number of aliphatic hydroxyl groups excluding tert-OH is 1. The van der Waals surface area contributed by atoms with E-state index < -0.39 is 17.9 Å². The van der Waals surface area contributed by atoms with Gasteiger partial charge in [0.25, 0.3) is 0 Å². The number of carbonyl (C=O) groups is 1. The average molecular weight is 405 g/mol. The zero-order chi connectivity index (χ0) is 20.1. The number of hydrogen-bond acceptors (Lipinski definition) is 7. The van der Waals surface area contributed by atoms with Gasteiger partial charge in [0.1, 0.15) is 11.7 Å². The fourth-order valence-electron chi connectivity index (χ4n) is 8.10. The van der Waals surface area contributed by atoms with E-state index in [1.54, 1.807) is 0 Å². The maximum atomic E-state index is 12.3. The highest BCUT2D eigenvalue weighted by molar-refractivity contribution is 5.92. The molecule has 7 heteroatoms. The van der Waals surface area contributed by atoms with Crippen LogP contribution < -0.4 is 0 Å². The fourth-order valence-corrected chi connectivity index (χ4v) is 8.10. The zero-order valence-corrected chi connectivity index (χ0v) is 17.4. The summed E-state index contributed by atoms with van der Waals surface area (Å²) in [6.07, 6.45) is 5.14. The number of cyclic esters (lactones) is 1. The Morgan fingerprint density at radius 3 is 2.90 bits per heavy atom. The third-order valence-electron chi connectivity index (χ3n) is 8.95. The predicted molar refractivity (Wildman–Crippen MR) is 102 cm³/mol. The lowest BCUT2D eigenvalue weighted by molar-refractivity contribution is -0.280. The summed E-state index contributed by atoms with van der Waals surface area (Å²) in [5.74, 6) is 0.183. The summed E-state index contributed by atoms with van der Waals surface area (Å²) in [5, 5.41) is 9.61. The number of ether oxygens (including phenoxy) is 4. The third kappa shape index (κ3) is 1.92. The normalized spacial score (nSPS) is 53.9. The van der Waals surface area contributed by atoms with E-state index in [0.29, 0.717) is 17.7 Å². The quantitative estimate of drug-likeness (QED) is 0.673. The number of carbonyl (C=O) groups excluding carboxylic acids is 1. The number of nitrogens with zero attached hydrogens (tertiary/aromatic N) is 1. The van der Waals surface area contributed by atoms with Crippen LogP contribution in [-0.2, 0) is 23.7 Å². The summed E-state index contributed by atoms with van der Waals surface area (Å²) >= 11 is 0. The van der Waals surface area contributed by atoms with Crippen LogP contribution in [0.4, 0.5) is 0 Å². The molecule has 3 unspecified atom stereocenters. The molecule has 6 rings (SSSR count). The number of methoxy groups -OCH3 is 1. The molecule has 29 heavy (non-hydrogen) atoms. The molecule has 0 aromatic carbocycles. The Balaban J connectivity index is 1.38. The minimum Gasteiger partial charge on any atom is -0.496 e. The number of unbranched alkanes of at least 4 members (excludes halogenated alkanes) is 1. The van der Waals surface area contributed by atoms with Gasteiger partial charge in [-0.05, 0) is 31.7 Å². The highest BCUT2D eigenvalue weighted by atomic mass is 16.7. The number of piperidine rings is 1. The first kappa shape index (κ1) is 18.6. The Labute approximate surface area is 171 Å². The maximum Gasteiger partial charge on any atom is 0.340 e. The second-order valence-corrected chi connectivity index (χ2v) is 9.76. The number of rotatable bonds is 6. The zero-order valence-electron chi connectivity index (χ0n) is 17.4. The Morgan fingerprint density at radius 2 is 2.17 bits per heavy atom. The van der Waals surface area contributed by atoms with Crippen molar-refractivity contribution in [3.05, 3.63) is 11.3 Å². The lowest BCUT2D eigenvalue weighted by atomic mass is 9.69. The summed E-state index contributed by atoms with van der Waals surface area (Å²) in [6.45, 7) is 5.22. The van der Waals surface area contributed by atoms with E-state index in [-0.39, 0.29) is 41.8 Å². The molecule has 6 heterocycles. The molecule has 0 aromatic rings. The standard InChI is InChI=1S/C22H31NO6/c1-4-5-7-21-14-6-8-23(21)13-9-15(21)28-22(14)16(13)11(2)17(29-22)19-18(26-3)12(10-24)20(25)27-19/h11,13-17,19,24H,4-10H2,1-3H3/t11-,13+,14+,15-,16+,17?,19?,21+,22+/m0/s1. The molecule has 0 aliphatic carbocycles. The summed E-state index contributed by atoms with van der Waals surface area (Å²) in [5.41, 5.74) is 0.341. The molecular formula is C22H31NO6. The van der Waals surface area contributed by atoms with E-state index >= 15 is 0 Å². The predicted octanol–water partition coefficient (Wildman–Crippen LogP) is 1.59. The SMILES string of the molecule is CCCC[C@]12[C@@H]3C[C@@H]4[C@H]5[C@H](C)C(C6OC(=O)C(CO)=C6OC)O[C@]5(O3)[C@@H]1CCN42. The molecule has 5 saturated heterocycles. The molecule has 160 valence electrons. The fraction of sp³-hybridized carbons (Fsp3) is 0.864. The summed E-state index contributed by atoms with van der Waals surface area (Å²) in [7, 11) is 1.53. The second kappa shape index (κ2) is 5.96. The summed E-state index contributed by atoms with van der Waals surface area (Å²) in [6, 6.07) is 0.480. The van der Waals surface area contributed by atoms with Crippen LogP contribution in [0.5, 0.6) is 0 Å². The van der Waals surface area contributed by atoms with Crippen LogP contribution in [0.3, 0.4) is 0 Å². The van der Waals surface area contributed by atoms with Gasteiger partial charge < -0.3 is 24.1 Å². The van der Waals surface area contributed by atoms with Crippen molar-refractivity contribution in [2.24, 2.45) is 17.8 Å². The van der Waals surface area contributed by atoms with Crippen LogP contribution in [0.2, 0.25) is 0 Å². The maximum absolute atomic E-state index is 12.3. The van der Waals surface area contributed by atoms with Gasteiger partial charge >= 0.3 is 5.97 Å². The Hall–Kier alpha value is -1.15. The minimum absolute atomic E-state index is 0.133. The third-order valence-corrected chi connectivity index (χ3v) is 8.95. The second-order valence-electron chi connectivity index (χ2n) is 9.76. The number of esters is 1. The smallest absolute Gasteiger partial charge is 0.340 e. The van der Waals surface area contributed by atoms with Crippen LogP contribution in [0.1, 0.15) is 46.0 Å². The number of fused-ring (bicyclic) bond motifs is 1. The molecule has 0 radical (unpaired) electrons. The largest absolute Gasteiger partial charge is 0.496 e. The van der Waals surface area contributed by atoms with Gasteiger partial charge in [-0.2, -0.15) is 0 Å².